The van der Waals surface area contributed by atoms with Crippen molar-refractivity contribution in [3.8, 4) is 0 Å². The number of aromatic nitrogens is 1. The minimum absolute atomic E-state index is 0.559. The van der Waals surface area contributed by atoms with Crippen molar-refractivity contribution in [2.75, 3.05) is 0 Å². The first-order valence-corrected chi connectivity index (χ1v) is 5.53. The molecule has 0 bridgehead atoms. The van der Waals surface area contributed by atoms with Gasteiger partial charge < -0.3 is 0 Å². The highest BCUT2D eigenvalue weighted by molar-refractivity contribution is 5.85. The van der Waals surface area contributed by atoms with E-state index in [1.165, 1.54) is 16.3 Å². The molecule has 2 aromatic rings. The second kappa shape index (κ2) is 4.01. The number of pyridine rings is 1. The van der Waals surface area contributed by atoms with Crippen LogP contribution in [-0.4, -0.2) is 4.98 Å². The van der Waals surface area contributed by atoms with Gasteiger partial charge in [-0.05, 0) is 22.8 Å². The molecule has 0 aliphatic heterocycles. The topological polar surface area (TPSA) is 12.9 Å². The van der Waals surface area contributed by atoms with E-state index in [1.54, 1.807) is 0 Å². The Balaban J connectivity index is 2.60. The number of fused-ring (bicyclic) bond motifs is 1. The highest BCUT2D eigenvalue weighted by atomic mass is 14.6. The summed E-state index contributed by atoms with van der Waals surface area (Å²) in [6.07, 6.45) is 3.94. The van der Waals surface area contributed by atoms with Gasteiger partial charge in [0.15, 0.2) is 0 Å². The molecule has 0 saturated heterocycles. The third-order valence-electron chi connectivity index (χ3n) is 3.19. The van der Waals surface area contributed by atoms with Crippen LogP contribution in [-0.2, 0) is 0 Å². The third-order valence-corrected chi connectivity index (χ3v) is 3.19. The Morgan fingerprint density at radius 3 is 2.47 bits per heavy atom. The maximum absolute atomic E-state index is 4.32. The van der Waals surface area contributed by atoms with Crippen molar-refractivity contribution in [2.24, 2.45) is 5.92 Å². The average Bonchev–Trinajstić information content (AvgIpc) is 2.27. The lowest BCUT2D eigenvalue weighted by Crippen LogP contribution is -2.03. The summed E-state index contributed by atoms with van der Waals surface area (Å²) in [5, 5.41) is 2.58. The molecule has 0 saturated carbocycles. The normalized spacial score (nSPS) is 13.3. The lowest BCUT2D eigenvalue weighted by molar-refractivity contribution is 0.537. The van der Waals surface area contributed by atoms with Gasteiger partial charge in [0, 0.05) is 17.8 Å². The van der Waals surface area contributed by atoms with Gasteiger partial charge >= 0.3 is 0 Å². The van der Waals surface area contributed by atoms with E-state index < -0.39 is 0 Å². The number of hydrogen-bond acceptors (Lipinski definition) is 1. The van der Waals surface area contributed by atoms with E-state index in [0.717, 1.165) is 0 Å². The molecule has 0 radical (unpaired) electrons. The van der Waals surface area contributed by atoms with Crippen LogP contribution in [0.5, 0.6) is 0 Å². The molecule has 15 heavy (non-hydrogen) atoms. The van der Waals surface area contributed by atoms with Gasteiger partial charge in [-0.3, -0.25) is 4.98 Å². The largest absolute Gasteiger partial charge is 0.264 e. The van der Waals surface area contributed by atoms with Crippen molar-refractivity contribution in [3.05, 3.63) is 42.2 Å². The number of benzene rings is 1. The second-order valence-electron chi connectivity index (χ2n) is 4.48. The van der Waals surface area contributed by atoms with Crippen molar-refractivity contribution >= 4 is 10.8 Å². The molecule has 1 heteroatoms. The van der Waals surface area contributed by atoms with Crippen LogP contribution in [0.15, 0.2) is 36.7 Å². The number of nitrogens with zero attached hydrogens (tertiary/aromatic N) is 1. The van der Waals surface area contributed by atoms with Crippen molar-refractivity contribution in [2.45, 2.75) is 26.7 Å². The maximum atomic E-state index is 4.32. The van der Waals surface area contributed by atoms with Crippen LogP contribution in [0, 0.1) is 5.92 Å². The summed E-state index contributed by atoms with van der Waals surface area (Å²) in [6.45, 7) is 6.78. The summed E-state index contributed by atoms with van der Waals surface area (Å²) >= 11 is 0. The molecule has 0 unspecified atom stereocenters. The lowest BCUT2D eigenvalue weighted by atomic mass is 9.88. The predicted octanol–water partition coefficient (Wildman–Crippen LogP) is 3.99. The van der Waals surface area contributed by atoms with Gasteiger partial charge in [-0.2, -0.15) is 0 Å². The fourth-order valence-electron chi connectivity index (χ4n) is 1.86. The number of rotatable bonds is 2. The van der Waals surface area contributed by atoms with Gasteiger partial charge in [-0.25, -0.2) is 0 Å². The molecule has 0 spiro atoms. The van der Waals surface area contributed by atoms with Crippen LogP contribution in [0.3, 0.4) is 0 Å². The smallest absolute Gasteiger partial charge is 0.0346 e. The molecule has 0 aliphatic carbocycles. The van der Waals surface area contributed by atoms with Crippen molar-refractivity contribution < 1.29 is 0 Å². The van der Waals surface area contributed by atoms with E-state index in [4.69, 9.17) is 0 Å². The predicted molar refractivity (Wildman–Crippen MR) is 65.0 cm³/mol. The molecule has 0 N–H and O–H groups in total. The Hall–Kier alpha value is -1.37. The average molecular weight is 199 g/mol. The summed E-state index contributed by atoms with van der Waals surface area (Å²) in [5.74, 6) is 1.21. The van der Waals surface area contributed by atoms with Crippen molar-refractivity contribution in [3.63, 3.8) is 0 Å². The van der Waals surface area contributed by atoms with Crippen LogP contribution in [0.4, 0.5) is 0 Å². The highest BCUT2D eigenvalue weighted by Crippen LogP contribution is 2.29. The third kappa shape index (κ3) is 1.87. The first kappa shape index (κ1) is 10.2. The molecule has 0 aliphatic rings. The monoisotopic (exact) mass is 199 g/mol. The summed E-state index contributed by atoms with van der Waals surface area (Å²) in [5.41, 5.74) is 1.36. The minimum atomic E-state index is 0.559. The SMILES string of the molecule is CC(C)[C@H](C)c1cncc2ccccc12. The minimum Gasteiger partial charge on any atom is -0.264 e. The Morgan fingerprint density at radius 1 is 1.00 bits per heavy atom. The van der Waals surface area contributed by atoms with Crippen LogP contribution in [0.25, 0.3) is 10.8 Å². The molecule has 1 aromatic heterocycles. The fraction of sp³-hybridized carbons (Fsp3) is 0.357. The molecule has 1 heterocycles. The van der Waals surface area contributed by atoms with E-state index >= 15 is 0 Å². The molecule has 2 rings (SSSR count). The van der Waals surface area contributed by atoms with Gasteiger partial charge in [0.25, 0.3) is 0 Å². The molecule has 1 nitrogen and oxygen atoms in total. The van der Waals surface area contributed by atoms with E-state index in [0.29, 0.717) is 11.8 Å². The molecule has 0 fully saturated rings. The maximum Gasteiger partial charge on any atom is 0.0346 e. The van der Waals surface area contributed by atoms with Crippen LogP contribution in [0.1, 0.15) is 32.3 Å². The van der Waals surface area contributed by atoms with Gasteiger partial charge in [0.2, 0.25) is 0 Å². The van der Waals surface area contributed by atoms with Gasteiger partial charge in [0.1, 0.15) is 0 Å². The Labute approximate surface area is 91.2 Å². The number of hydrogen-bond donors (Lipinski definition) is 0. The Morgan fingerprint density at radius 2 is 1.73 bits per heavy atom. The second-order valence-corrected chi connectivity index (χ2v) is 4.48. The quantitative estimate of drug-likeness (QED) is 0.712. The molecule has 78 valence electrons. The van der Waals surface area contributed by atoms with Crippen molar-refractivity contribution in [1.82, 2.24) is 4.98 Å². The molecule has 0 amide bonds. The van der Waals surface area contributed by atoms with Crippen LogP contribution >= 0.6 is 0 Å². The first-order valence-electron chi connectivity index (χ1n) is 5.53. The Bertz CT molecular complexity index is 454. The zero-order chi connectivity index (χ0) is 10.8. The van der Waals surface area contributed by atoms with E-state index in [2.05, 4.69) is 50.0 Å². The van der Waals surface area contributed by atoms with Crippen LogP contribution in [0.2, 0.25) is 0 Å². The zero-order valence-corrected chi connectivity index (χ0v) is 9.57. The molecule has 1 atom stereocenters. The van der Waals surface area contributed by atoms with Gasteiger partial charge in [-0.15, -0.1) is 0 Å². The Kier molecular flexibility index (Phi) is 2.72. The van der Waals surface area contributed by atoms with Crippen LogP contribution < -0.4 is 0 Å². The molecular weight excluding hydrogens is 182 g/mol. The highest BCUT2D eigenvalue weighted by Gasteiger charge is 2.12. The van der Waals surface area contributed by atoms with Gasteiger partial charge in [-0.1, -0.05) is 45.0 Å². The van der Waals surface area contributed by atoms with Gasteiger partial charge in [0.05, 0.1) is 0 Å². The summed E-state index contributed by atoms with van der Waals surface area (Å²) in [6, 6.07) is 8.47. The summed E-state index contributed by atoms with van der Waals surface area (Å²) in [7, 11) is 0. The molecular formula is C14H17N. The molecule has 1 aromatic carbocycles. The summed E-state index contributed by atoms with van der Waals surface area (Å²) < 4.78 is 0. The standard InChI is InChI=1S/C14H17N/c1-10(2)11(3)14-9-15-8-12-6-4-5-7-13(12)14/h4-11H,1-3H3/t11-/m0/s1. The summed E-state index contributed by atoms with van der Waals surface area (Å²) in [4.78, 5) is 4.32. The lowest BCUT2D eigenvalue weighted by Gasteiger charge is -2.17. The fourth-order valence-corrected chi connectivity index (χ4v) is 1.86. The van der Waals surface area contributed by atoms with E-state index in [9.17, 15) is 0 Å². The van der Waals surface area contributed by atoms with E-state index in [-0.39, 0.29) is 0 Å². The van der Waals surface area contributed by atoms with E-state index in [1.807, 2.05) is 12.4 Å². The van der Waals surface area contributed by atoms with Crippen molar-refractivity contribution in [1.29, 1.82) is 0 Å². The first-order chi connectivity index (χ1) is 7.20. The zero-order valence-electron chi connectivity index (χ0n) is 9.57.